The molecular formula is C22H18F2N4O4. The van der Waals surface area contributed by atoms with Crippen molar-refractivity contribution in [3.63, 3.8) is 0 Å². The maximum atomic E-state index is 13.3. The minimum absolute atomic E-state index is 0.0571. The van der Waals surface area contributed by atoms with E-state index in [9.17, 15) is 28.3 Å². The number of hydrogen-bond acceptors (Lipinski definition) is 5. The molecule has 2 aromatic carbocycles. The number of hydrogen-bond donors (Lipinski definition) is 4. The van der Waals surface area contributed by atoms with Gasteiger partial charge in [0.2, 0.25) is 0 Å². The van der Waals surface area contributed by atoms with Gasteiger partial charge in [0.1, 0.15) is 17.4 Å². The van der Waals surface area contributed by atoms with Crippen LogP contribution in [0, 0.1) is 11.6 Å². The lowest BCUT2D eigenvalue weighted by atomic mass is 10.1. The molecule has 0 saturated carbocycles. The first-order valence-corrected chi connectivity index (χ1v) is 9.40. The Hall–Kier alpha value is -4.34. The highest BCUT2D eigenvalue weighted by atomic mass is 19.1. The zero-order valence-electron chi connectivity index (χ0n) is 16.6. The van der Waals surface area contributed by atoms with Crippen molar-refractivity contribution in [1.82, 2.24) is 15.6 Å². The molecule has 1 heterocycles. The molecule has 0 saturated heterocycles. The number of halogens is 2. The SMILES string of the molecule is O=C(NCCNC(=O)c1ccc(NC(=O)c2cc(F)cc(F)c2)cc1O)c1cccnc1. The van der Waals surface area contributed by atoms with Crippen molar-refractivity contribution >= 4 is 23.4 Å². The van der Waals surface area contributed by atoms with E-state index in [1.54, 1.807) is 18.3 Å². The van der Waals surface area contributed by atoms with E-state index in [1.807, 2.05) is 0 Å². The molecule has 0 spiro atoms. The molecule has 4 N–H and O–H groups in total. The van der Waals surface area contributed by atoms with Crippen LogP contribution in [0.25, 0.3) is 0 Å². The number of benzene rings is 2. The fourth-order valence-corrected chi connectivity index (χ4v) is 2.74. The first-order valence-electron chi connectivity index (χ1n) is 9.40. The van der Waals surface area contributed by atoms with E-state index >= 15 is 0 Å². The number of amides is 3. The highest BCUT2D eigenvalue weighted by molar-refractivity contribution is 6.05. The van der Waals surface area contributed by atoms with Crippen molar-refractivity contribution in [3.8, 4) is 5.75 Å². The van der Waals surface area contributed by atoms with Crippen molar-refractivity contribution < 1.29 is 28.3 Å². The molecule has 0 fully saturated rings. The lowest BCUT2D eigenvalue weighted by Gasteiger charge is -2.10. The molecule has 1 aromatic heterocycles. The third-order valence-corrected chi connectivity index (χ3v) is 4.24. The lowest BCUT2D eigenvalue weighted by Crippen LogP contribution is -2.34. The second kappa shape index (κ2) is 10.1. The predicted octanol–water partition coefficient (Wildman–Crippen LogP) is 2.48. The van der Waals surface area contributed by atoms with E-state index in [0.717, 1.165) is 18.2 Å². The van der Waals surface area contributed by atoms with E-state index in [0.29, 0.717) is 11.6 Å². The normalized spacial score (nSPS) is 10.3. The van der Waals surface area contributed by atoms with Gasteiger partial charge < -0.3 is 21.1 Å². The number of nitrogens with zero attached hydrogens (tertiary/aromatic N) is 1. The summed E-state index contributed by atoms with van der Waals surface area (Å²) >= 11 is 0. The number of aromatic nitrogens is 1. The largest absolute Gasteiger partial charge is 0.507 e. The van der Waals surface area contributed by atoms with Crippen LogP contribution < -0.4 is 16.0 Å². The van der Waals surface area contributed by atoms with Crippen molar-refractivity contribution in [1.29, 1.82) is 0 Å². The van der Waals surface area contributed by atoms with Gasteiger partial charge in [0.15, 0.2) is 0 Å². The number of anilines is 1. The van der Waals surface area contributed by atoms with Gasteiger partial charge in [-0.1, -0.05) is 0 Å². The van der Waals surface area contributed by atoms with Gasteiger partial charge in [-0.05, 0) is 36.4 Å². The average molecular weight is 440 g/mol. The summed E-state index contributed by atoms with van der Waals surface area (Å²) in [4.78, 5) is 40.1. The van der Waals surface area contributed by atoms with Gasteiger partial charge in [0.25, 0.3) is 17.7 Å². The Bertz CT molecular complexity index is 1140. The number of rotatable bonds is 7. The lowest BCUT2D eigenvalue weighted by molar-refractivity contribution is 0.0926. The van der Waals surface area contributed by atoms with Crippen LogP contribution >= 0.6 is 0 Å². The molecule has 0 atom stereocenters. The van der Waals surface area contributed by atoms with Crippen LogP contribution in [0.4, 0.5) is 14.5 Å². The predicted molar refractivity (Wildman–Crippen MR) is 111 cm³/mol. The summed E-state index contributed by atoms with van der Waals surface area (Å²) in [6.07, 6.45) is 2.96. The second-order valence-corrected chi connectivity index (χ2v) is 6.60. The van der Waals surface area contributed by atoms with Crippen molar-refractivity contribution in [2.24, 2.45) is 0 Å². The smallest absolute Gasteiger partial charge is 0.255 e. The zero-order valence-corrected chi connectivity index (χ0v) is 16.6. The van der Waals surface area contributed by atoms with Crippen LogP contribution in [0.5, 0.6) is 5.75 Å². The average Bonchev–Trinajstić information content (AvgIpc) is 2.76. The number of carbonyl (C=O) groups is 3. The quantitative estimate of drug-likeness (QED) is 0.421. The first-order chi connectivity index (χ1) is 15.3. The Morgan fingerprint density at radius 2 is 1.53 bits per heavy atom. The number of nitrogens with one attached hydrogen (secondary N) is 3. The summed E-state index contributed by atoms with van der Waals surface area (Å²) in [6.45, 7) is 0.256. The Balaban J connectivity index is 1.53. The van der Waals surface area contributed by atoms with Crippen LogP contribution in [0.3, 0.4) is 0 Å². The molecule has 0 aliphatic heterocycles. The van der Waals surface area contributed by atoms with Gasteiger partial charge >= 0.3 is 0 Å². The highest BCUT2D eigenvalue weighted by Crippen LogP contribution is 2.22. The maximum absolute atomic E-state index is 13.3. The summed E-state index contributed by atoms with van der Waals surface area (Å²) in [7, 11) is 0. The summed E-state index contributed by atoms with van der Waals surface area (Å²) in [5.74, 6) is -3.94. The van der Waals surface area contributed by atoms with Gasteiger partial charge in [-0.3, -0.25) is 19.4 Å². The molecular weight excluding hydrogens is 422 g/mol. The van der Waals surface area contributed by atoms with Crippen molar-refractivity contribution in [2.45, 2.75) is 0 Å². The minimum Gasteiger partial charge on any atom is -0.507 e. The molecule has 0 unspecified atom stereocenters. The Kier molecular flexibility index (Phi) is 7.06. The topological polar surface area (TPSA) is 120 Å². The molecule has 0 bridgehead atoms. The fourth-order valence-electron chi connectivity index (χ4n) is 2.74. The van der Waals surface area contributed by atoms with E-state index < -0.39 is 29.2 Å². The highest BCUT2D eigenvalue weighted by Gasteiger charge is 2.14. The van der Waals surface area contributed by atoms with Crippen LogP contribution in [0.2, 0.25) is 0 Å². The molecule has 0 radical (unpaired) electrons. The summed E-state index contributed by atoms with van der Waals surface area (Å²) < 4.78 is 26.5. The Labute approximate surface area is 181 Å². The van der Waals surface area contributed by atoms with Gasteiger partial charge in [0.05, 0.1) is 11.1 Å². The molecule has 3 amide bonds. The first kappa shape index (κ1) is 22.3. The molecule has 0 aliphatic carbocycles. The van der Waals surface area contributed by atoms with E-state index in [-0.39, 0.29) is 35.8 Å². The third-order valence-electron chi connectivity index (χ3n) is 4.24. The maximum Gasteiger partial charge on any atom is 0.255 e. The third kappa shape index (κ3) is 5.85. The van der Waals surface area contributed by atoms with Gasteiger partial charge in [0, 0.05) is 48.9 Å². The molecule has 3 rings (SSSR count). The van der Waals surface area contributed by atoms with Crippen LogP contribution in [-0.2, 0) is 0 Å². The van der Waals surface area contributed by atoms with E-state index in [1.165, 1.54) is 18.3 Å². The number of phenols is 1. The number of phenolic OH excluding ortho intramolecular Hbond substituents is 1. The fraction of sp³-hybridized carbons (Fsp3) is 0.0909. The molecule has 10 heteroatoms. The van der Waals surface area contributed by atoms with Crippen LogP contribution in [-0.4, -0.2) is 40.9 Å². The monoisotopic (exact) mass is 440 g/mol. The summed E-state index contributed by atoms with van der Waals surface area (Å²) in [5.41, 5.74) is 0.211. The zero-order chi connectivity index (χ0) is 23.1. The molecule has 32 heavy (non-hydrogen) atoms. The molecule has 8 nitrogen and oxygen atoms in total. The van der Waals surface area contributed by atoms with Crippen LogP contribution in [0.15, 0.2) is 60.9 Å². The van der Waals surface area contributed by atoms with Gasteiger partial charge in [-0.25, -0.2) is 8.78 Å². The minimum atomic E-state index is -0.901. The standard InChI is InChI=1S/C22H18F2N4O4/c23-15-8-14(9-16(24)10-15)21(31)28-17-3-4-18(19(29)11-17)22(32)27-7-6-26-20(30)13-2-1-5-25-12-13/h1-5,8-12,29H,6-7H2,(H,26,30)(H,27,32)(H,28,31). The summed E-state index contributed by atoms with van der Waals surface area (Å²) in [5, 5.41) is 17.7. The second-order valence-electron chi connectivity index (χ2n) is 6.60. The van der Waals surface area contributed by atoms with E-state index in [4.69, 9.17) is 0 Å². The number of carbonyl (C=O) groups excluding carboxylic acids is 3. The Morgan fingerprint density at radius 3 is 2.16 bits per heavy atom. The van der Waals surface area contributed by atoms with Gasteiger partial charge in [-0.2, -0.15) is 0 Å². The van der Waals surface area contributed by atoms with E-state index in [2.05, 4.69) is 20.9 Å². The number of pyridine rings is 1. The van der Waals surface area contributed by atoms with Crippen molar-refractivity contribution in [3.05, 3.63) is 89.2 Å². The van der Waals surface area contributed by atoms with Crippen molar-refractivity contribution in [2.75, 3.05) is 18.4 Å². The number of aromatic hydroxyl groups is 1. The molecule has 0 aliphatic rings. The molecule has 164 valence electrons. The summed E-state index contributed by atoms with van der Waals surface area (Å²) in [6, 6.07) is 9.37. The van der Waals surface area contributed by atoms with Gasteiger partial charge in [-0.15, -0.1) is 0 Å². The molecule has 3 aromatic rings. The van der Waals surface area contributed by atoms with Crippen LogP contribution in [0.1, 0.15) is 31.1 Å². The Morgan fingerprint density at radius 1 is 0.844 bits per heavy atom.